The fourth-order valence-corrected chi connectivity index (χ4v) is 3.29. The topological polar surface area (TPSA) is 127 Å². The minimum Gasteiger partial charge on any atom is -0.465 e. The summed E-state index contributed by atoms with van der Waals surface area (Å²) in [6.45, 7) is 0.0710. The molecule has 21 heavy (non-hydrogen) atoms. The summed E-state index contributed by atoms with van der Waals surface area (Å²) in [6, 6.07) is 4.84. The molecular formula is C11H12N2O7S. The molecule has 0 spiro atoms. The van der Waals surface area contributed by atoms with E-state index < -0.39 is 37.8 Å². The van der Waals surface area contributed by atoms with Crippen molar-refractivity contribution in [3.8, 4) is 0 Å². The van der Waals surface area contributed by atoms with Gasteiger partial charge in [0, 0.05) is 12.6 Å². The number of nitro benzene ring substituents is 1. The van der Waals surface area contributed by atoms with Gasteiger partial charge in [0.2, 0.25) is 0 Å². The molecule has 0 unspecified atom stereocenters. The molecule has 0 radical (unpaired) electrons. The largest absolute Gasteiger partial charge is 0.465 e. The molecule has 9 nitrogen and oxygen atoms in total. The van der Waals surface area contributed by atoms with Crippen LogP contribution in [0.1, 0.15) is 6.42 Å². The number of nitrogens with zero attached hydrogens (tertiary/aromatic N) is 2. The molecule has 10 heteroatoms. The van der Waals surface area contributed by atoms with Crippen molar-refractivity contribution in [2.75, 3.05) is 13.1 Å². The van der Waals surface area contributed by atoms with Crippen LogP contribution in [0.25, 0.3) is 0 Å². The normalized spacial score (nSPS) is 18.7. The summed E-state index contributed by atoms with van der Waals surface area (Å²) in [5, 5.41) is 19.6. The predicted molar refractivity (Wildman–Crippen MR) is 69.4 cm³/mol. The summed E-state index contributed by atoms with van der Waals surface area (Å²) >= 11 is 0. The van der Waals surface area contributed by atoms with Crippen LogP contribution in [0, 0.1) is 10.1 Å². The van der Waals surface area contributed by atoms with Gasteiger partial charge in [0.15, 0.2) is 4.90 Å². The van der Waals surface area contributed by atoms with Gasteiger partial charge in [0.1, 0.15) is 0 Å². The Kier molecular flexibility index (Phi) is 4.09. The average molecular weight is 316 g/mol. The lowest BCUT2D eigenvalue weighted by Gasteiger charge is -2.13. The van der Waals surface area contributed by atoms with Crippen molar-refractivity contribution in [3.05, 3.63) is 34.4 Å². The monoisotopic (exact) mass is 316 g/mol. The summed E-state index contributed by atoms with van der Waals surface area (Å²) in [6.07, 6.45) is -1.79. The highest BCUT2D eigenvalue weighted by molar-refractivity contribution is 7.87. The number of nitro groups is 1. The van der Waals surface area contributed by atoms with Crippen LogP contribution in [0.15, 0.2) is 29.2 Å². The zero-order valence-electron chi connectivity index (χ0n) is 10.7. The van der Waals surface area contributed by atoms with Gasteiger partial charge in [-0.3, -0.25) is 14.3 Å². The molecule has 1 heterocycles. The van der Waals surface area contributed by atoms with Crippen molar-refractivity contribution in [1.82, 2.24) is 4.90 Å². The van der Waals surface area contributed by atoms with Crippen molar-refractivity contribution < 1.29 is 27.4 Å². The number of hydrogen-bond donors (Lipinski definition) is 1. The van der Waals surface area contributed by atoms with Crippen LogP contribution in [0.5, 0.6) is 0 Å². The Balaban J connectivity index is 2.20. The van der Waals surface area contributed by atoms with Crippen LogP contribution in [0.2, 0.25) is 0 Å². The number of para-hydroxylation sites is 1. The van der Waals surface area contributed by atoms with Gasteiger partial charge in [-0.15, -0.1) is 0 Å². The van der Waals surface area contributed by atoms with Crippen molar-refractivity contribution in [1.29, 1.82) is 0 Å². The van der Waals surface area contributed by atoms with E-state index in [0.29, 0.717) is 0 Å². The molecule has 0 bridgehead atoms. The third-order valence-corrected chi connectivity index (χ3v) is 4.42. The molecule has 1 amide bonds. The maximum absolute atomic E-state index is 12.1. The summed E-state index contributed by atoms with van der Waals surface area (Å²) in [5.41, 5.74) is -0.578. The fraction of sp³-hybridized carbons (Fsp3) is 0.364. The maximum Gasteiger partial charge on any atom is 0.407 e. The van der Waals surface area contributed by atoms with E-state index in [1.54, 1.807) is 0 Å². The fourth-order valence-electron chi connectivity index (χ4n) is 2.03. The van der Waals surface area contributed by atoms with Crippen LogP contribution in [0.3, 0.4) is 0 Å². The van der Waals surface area contributed by atoms with Gasteiger partial charge in [-0.25, -0.2) is 4.79 Å². The SMILES string of the molecule is O=C(O)N1CC[C@@H](OS(=O)(=O)c2ccccc2[N+](=O)[O-])C1. The molecule has 0 aromatic heterocycles. The van der Waals surface area contributed by atoms with Crippen molar-refractivity contribution in [2.45, 2.75) is 17.4 Å². The summed E-state index contributed by atoms with van der Waals surface area (Å²) in [7, 11) is -4.33. The molecule has 1 aromatic rings. The zero-order chi connectivity index (χ0) is 15.6. The summed E-state index contributed by atoms with van der Waals surface area (Å²) < 4.78 is 29.1. The van der Waals surface area contributed by atoms with E-state index in [0.717, 1.165) is 17.0 Å². The van der Waals surface area contributed by atoms with E-state index >= 15 is 0 Å². The van der Waals surface area contributed by atoms with Gasteiger partial charge in [-0.05, 0) is 12.5 Å². The van der Waals surface area contributed by atoms with E-state index in [2.05, 4.69) is 0 Å². The van der Waals surface area contributed by atoms with E-state index in [4.69, 9.17) is 9.29 Å². The molecule has 1 N–H and O–H groups in total. The Hall–Kier alpha value is -2.20. The lowest BCUT2D eigenvalue weighted by molar-refractivity contribution is -0.387. The number of hydrogen-bond acceptors (Lipinski definition) is 6. The number of benzene rings is 1. The molecule has 1 fully saturated rings. The second-order valence-corrected chi connectivity index (χ2v) is 5.95. The first-order chi connectivity index (χ1) is 9.81. The van der Waals surface area contributed by atoms with E-state index in [1.165, 1.54) is 12.1 Å². The molecule has 1 saturated heterocycles. The highest BCUT2D eigenvalue weighted by Crippen LogP contribution is 2.27. The van der Waals surface area contributed by atoms with Crippen LogP contribution < -0.4 is 0 Å². The van der Waals surface area contributed by atoms with Crippen LogP contribution in [-0.2, 0) is 14.3 Å². The molecule has 1 aliphatic heterocycles. The van der Waals surface area contributed by atoms with E-state index in [1.807, 2.05) is 0 Å². The number of likely N-dealkylation sites (tertiary alicyclic amines) is 1. The second kappa shape index (κ2) is 5.66. The lowest BCUT2D eigenvalue weighted by Crippen LogP contribution is -2.29. The highest BCUT2D eigenvalue weighted by Gasteiger charge is 2.33. The van der Waals surface area contributed by atoms with Crippen LogP contribution in [0.4, 0.5) is 10.5 Å². The van der Waals surface area contributed by atoms with Gasteiger partial charge in [-0.2, -0.15) is 8.42 Å². The minimum absolute atomic E-state index is 0.0881. The zero-order valence-corrected chi connectivity index (χ0v) is 11.5. The third kappa shape index (κ3) is 3.28. The molecule has 1 aliphatic rings. The minimum atomic E-state index is -4.33. The Morgan fingerprint density at radius 1 is 1.43 bits per heavy atom. The van der Waals surface area contributed by atoms with Gasteiger partial charge < -0.3 is 10.0 Å². The van der Waals surface area contributed by atoms with Crippen molar-refractivity contribution in [3.63, 3.8) is 0 Å². The summed E-state index contributed by atoms with van der Waals surface area (Å²) in [4.78, 5) is 21.3. The van der Waals surface area contributed by atoms with E-state index in [-0.39, 0.29) is 19.5 Å². The van der Waals surface area contributed by atoms with Crippen molar-refractivity contribution >= 4 is 21.9 Å². The Morgan fingerprint density at radius 2 is 2.10 bits per heavy atom. The molecule has 1 aromatic carbocycles. The number of carbonyl (C=O) groups is 1. The second-order valence-electron chi connectivity index (χ2n) is 4.41. The third-order valence-electron chi connectivity index (χ3n) is 3.01. The van der Waals surface area contributed by atoms with Crippen molar-refractivity contribution in [2.24, 2.45) is 0 Å². The lowest BCUT2D eigenvalue weighted by atomic mass is 10.3. The number of rotatable bonds is 4. The standard InChI is InChI=1S/C11H12N2O7S/c14-11(15)12-6-5-8(7-12)20-21(18,19)10-4-2-1-3-9(10)13(16)17/h1-4,8H,5-7H2,(H,14,15)/t8-/m1/s1. The molecule has 114 valence electrons. The number of carboxylic acid groups (broad SMARTS) is 1. The van der Waals surface area contributed by atoms with Crippen LogP contribution >= 0.6 is 0 Å². The van der Waals surface area contributed by atoms with Gasteiger partial charge in [-0.1, -0.05) is 12.1 Å². The summed E-state index contributed by atoms with van der Waals surface area (Å²) in [5.74, 6) is 0. The number of amides is 1. The first kappa shape index (κ1) is 15.2. The first-order valence-electron chi connectivity index (χ1n) is 5.96. The van der Waals surface area contributed by atoms with Gasteiger partial charge in [0.05, 0.1) is 17.6 Å². The van der Waals surface area contributed by atoms with E-state index in [9.17, 15) is 23.3 Å². The molecule has 1 atom stereocenters. The quantitative estimate of drug-likeness (QED) is 0.499. The Bertz CT molecular complexity index is 673. The smallest absolute Gasteiger partial charge is 0.407 e. The Labute approximate surface area is 120 Å². The first-order valence-corrected chi connectivity index (χ1v) is 7.36. The Morgan fingerprint density at radius 3 is 2.67 bits per heavy atom. The predicted octanol–water partition coefficient (Wildman–Crippen LogP) is 1.05. The van der Waals surface area contributed by atoms with Crippen LogP contribution in [-0.4, -0.2) is 48.6 Å². The molecule has 0 saturated carbocycles. The maximum atomic E-state index is 12.1. The highest BCUT2D eigenvalue weighted by atomic mass is 32.2. The molecular weight excluding hydrogens is 304 g/mol. The van der Waals surface area contributed by atoms with Gasteiger partial charge >= 0.3 is 16.2 Å². The molecule has 2 rings (SSSR count). The molecule has 0 aliphatic carbocycles. The average Bonchev–Trinajstić information content (AvgIpc) is 2.86. The van der Waals surface area contributed by atoms with Gasteiger partial charge in [0.25, 0.3) is 5.69 Å².